The van der Waals surface area contributed by atoms with Crippen molar-refractivity contribution in [3.63, 3.8) is 0 Å². The zero-order valence-corrected chi connectivity index (χ0v) is 12.5. The Morgan fingerprint density at radius 2 is 2.06 bits per heavy atom. The molecule has 0 spiro atoms. The highest BCUT2D eigenvalue weighted by molar-refractivity contribution is 9.10. The van der Waals surface area contributed by atoms with Gasteiger partial charge in [0.2, 0.25) is 0 Å². The standard InChI is InChI=1S/C13H19BrClN/c1-4-13(2,3)9-16-8-10-5-6-11(15)7-12(10)14/h5-7,16H,4,8-9H2,1-3H3. The van der Waals surface area contributed by atoms with Gasteiger partial charge in [-0.15, -0.1) is 0 Å². The Hall–Kier alpha value is -0.0500. The van der Waals surface area contributed by atoms with Gasteiger partial charge in [0.25, 0.3) is 0 Å². The summed E-state index contributed by atoms with van der Waals surface area (Å²) in [6.45, 7) is 8.67. The van der Waals surface area contributed by atoms with Crippen molar-refractivity contribution in [2.75, 3.05) is 6.54 Å². The van der Waals surface area contributed by atoms with Crippen LogP contribution in [0.25, 0.3) is 0 Å². The van der Waals surface area contributed by atoms with Gasteiger partial charge in [-0.3, -0.25) is 0 Å². The lowest BCUT2D eigenvalue weighted by Gasteiger charge is -2.23. The topological polar surface area (TPSA) is 12.0 Å². The Morgan fingerprint density at radius 3 is 2.62 bits per heavy atom. The van der Waals surface area contributed by atoms with Crippen LogP contribution >= 0.6 is 27.5 Å². The van der Waals surface area contributed by atoms with Crippen LogP contribution in [0.4, 0.5) is 0 Å². The van der Waals surface area contributed by atoms with Crippen molar-refractivity contribution in [1.82, 2.24) is 5.32 Å². The molecule has 0 aliphatic carbocycles. The molecule has 16 heavy (non-hydrogen) atoms. The van der Waals surface area contributed by atoms with Gasteiger partial charge in [0, 0.05) is 22.6 Å². The van der Waals surface area contributed by atoms with E-state index in [1.54, 1.807) is 0 Å². The average Bonchev–Trinajstić information content (AvgIpc) is 2.21. The van der Waals surface area contributed by atoms with Crippen LogP contribution in [0.15, 0.2) is 22.7 Å². The Balaban J connectivity index is 2.49. The lowest BCUT2D eigenvalue weighted by molar-refractivity contribution is 0.327. The van der Waals surface area contributed by atoms with Crippen molar-refractivity contribution in [2.45, 2.75) is 33.7 Å². The van der Waals surface area contributed by atoms with Crippen LogP contribution in [0.2, 0.25) is 5.02 Å². The predicted molar refractivity (Wildman–Crippen MR) is 74.9 cm³/mol. The first-order chi connectivity index (χ1) is 7.44. The summed E-state index contributed by atoms with van der Waals surface area (Å²) < 4.78 is 1.07. The van der Waals surface area contributed by atoms with Crippen molar-refractivity contribution in [2.24, 2.45) is 5.41 Å². The van der Waals surface area contributed by atoms with E-state index in [1.807, 2.05) is 12.1 Å². The molecule has 0 amide bonds. The summed E-state index contributed by atoms with van der Waals surface area (Å²) in [6, 6.07) is 5.91. The summed E-state index contributed by atoms with van der Waals surface area (Å²) in [7, 11) is 0. The molecule has 0 aromatic heterocycles. The van der Waals surface area contributed by atoms with E-state index in [1.165, 1.54) is 12.0 Å². The Labute approximate surface area is 112 Å². The maximum atomic E-state index is 5.90. The van der Waals surface area contributed by atoms with Gasteiger partial charge in [-0.05, 0) is 29.5 Å². The fourth-order valence-corrected chi connectivity index (χ4v) is 2.15. The van der Waals surface area contributed by atoms with Crippen LogP contribution in [-0.2, 0) is 6.54 Å². The number of hydrogen-bond donors (Lipinski definition) is 1. The van der Waals surface area contributed by atoms with Gasteiger partial charge in [0.15, 0.2) is 0 Å². The molecule has 0 bridgehead atoms. The molecule has 0 saturated heterocycles. The third-order valence-electron chi connectivity index (χ3n) is 2.89. The van der Waals surface area contributed by atoms with Gasteiger partial charge in [-0.25, -0.2) is 0 Å². The highest BCUT2D eigenvalue weighted by atomic mass is 79.9. The normalized spacial score (nSPS) is 11.8. The van der Waals surface area contributed by atoms with E-state index >= 15 is 0 Å². The Morgan fingerprint density at radius 1 is 1.38 bits per heavy atom. The third kappa shape index (κ3) is 4.44. The molecular formula is C13H19BrClN. The van der Waals surface area contributed by atoms with Gasteiger partial charge in [0.05, 0.1) is 0 Å². The molecule has 3 heteroatoms. The Bertz CT molecular complexity index is 350. The predicted octanol–water partition coefficient (Wildman–Crippen LogP) is 4.63. The van der Waals surface area contributed by atoms with Gasteiger partial charge in [0.1, 0.15) is 0 Å². The molecule has 0 unspecified atom stereocenters. The maximum Gasteiger partial charge on any atom is 0.0417 e. The van der Waals surface area contributed by atoms with Crippen LogP contribution < -0.4 is 5.32 Å². The number of halogens is 2. The molecule has 1 N–H and O–H groups in total. The molecule has 0 heterocycles. The van der Waals surface area contributed by atoms with Crippen molar-refractivity contribution in [3.05, 3.63) is 33.3 Å². The second-order valence-electron chi connectivity index (χ2n) is 4.86. The summed E-state index contributed by atoms with van der Waals surface area (Å²) in [5, 5.41) is 4.25. The first-order valence-electron chi connectivity index (χ1n) is 5.59. The lowest BCUT2D eigenvalue weighted by atomic mass is 9.90. The fourth-order valence-electron chi connectivity index (χ4n) is 1.33. The lowest BCUT2D eigenvalue weighted by Crippen LogP contribution is -2.28. The molecule has 0 saturated carbocycles. The van der Waals surface area contributed by atoms with Gasteiger partial charge in [-0.2, -0.15) is 0 Å². The SMILES string of the molecule is CCC(C)(C)CNCc1ccc(Cl)cc1Br. The molecule has 1 nitrogen and oxygen atoms in total. The molecule has 1 aromatic carbocycles. The van der Waals surface area contributed by atoms with E-state index in [0.717, 1.165) is 22.6 Å². The number of hydrogen-bond acceptors (Lipinski definition) is 1. The third-order valence-corrected chi connectivity index (χ3v) is 3.86. The minimum atomic E-state index is 0.360. The Kier molecular flexibility index (Phi) is 5.29. The van der Waals surface area contributed by atoms with Crippen LogP contribution in [0.1, 0.15) is 32.8 Å². The maximum absolute atomic E-state index is 5.90. The number of benzene rings is 1. The first kappa shape index (κ1) is 14.0. The molecule has 0 radical (unpaired) electrons. The zero-order valence-electron chi connectivity index (χ0n) is 10.1. The largest absolute Gasteiger partial charge is 0.312 e. The highest BCUT2D eigenvalue weighted by Crippen LogP contribution is 2.22. The molecule has 0 aliphatic heterocycles. The van der Waals surface area contributed by atoms with Crippen LogP contribution in [0, 0.1) is 5.41 Å². The van der Waals surface area contributed by atoms with E-state index < -0.39 is 0 Å². The molecule has 0 aliphatic rings. The van der Waals surface area contributed by atoms with E-state index in [9.17, 15) is 0 Å². The van der Waals surface area contributed by atoms with Crippen LogP contribution in [0.3, 0.4) is 0 Å². The summed E-state index contributed by atoms with van der Waals surface area (Å²) in [5.74, 6) is 0. The second-order valence-corrected chi connectivity index (χ2v) is 6.15. The second kappa shape index (κ2) is 6.04. The van der Waals surface area contributed by atoms with E-state index in [0.29, 0.717) is 5.41 Å². The van der Waals surface area contributed by atoms with E-state index in [-0.39, 0.29) is 0 Å². The summed E-state index contributed by atoms with van der Waals surface area (Å²) in [6.07, 6.45) is 1.18. The van der Waals surface area contributed by atoms with Crippen LogP contribution in [-0.4, -0.2) is 6.54 Å². The molecule has 1 aromatic rings. The molecule has 0 fully saturated rings. The summed E-state index contributed by atoms with van der Waals surface area (Å²) in [5.41, 5.74) is 1.61. The zero-order chi connectivity index (χ0) is 12.2. The van der Waals surface area contributed by atoms with Crippen molar-refractivity contribution in [1.29, 1.82) is 0 Å². The van der Waals surface area contributed by atoms with Gasteiger partial charge >= 0.3 is 0 Å². The molecule has 1 rings (SSSR count). The van der Waals surface area contributed by atoms with Gasteiger partial charge in [-0.1, -0.05) is 54.4 Å². The van der Waals surface area contributed by atoms with E-state index in [2.05, 4.69) is 48.1 Å². The summed E-state index contributed by atoms with van der Waals surface area (Å²) >= 11 is 9.42. The van der Waals surface area contributed by atoms with E-state index in [4.69, 9.17) is 11.6 Å². The molecule has 0 atom stereocenters. The monoisotopic (exact) mass is 303 g/mol. The van der Waals surface area contributed by atoms with Crippen molar-refractivity contribution >= 4 is 27.5 Å². The van der Waals surface area contributed by atoms with Crippen molar-refractivity contribution in [3.8, 4) is 0 Å². The number of nitrogens with one attached hydrogen (secondary N) is 1. The quantitative estimate of drug-likeness (QED) is 0.836. The fraction of sp³-hybridized carbons (Fsp3) is 0.538. The minimum Gasteiger partial charge on any atom is -0.312 e. The van der Waals surface area contributed by atoms with Crippen molar-refractivity contribution < 1.29 is 0 Å². The van der Waals surface area contributed by atoms with Crippen LogP contribution in [0.5, 0.6) is 0 Å². The summed E-state index contributed by atoms with van der Waals surface area (Å²) in [4.78, 5) is 0. The molecule has 90 valence electrons. The highest BCUT2D eigenvalue weighted by Gasteiger charge is 2.14. The first-order valence-corrected chi connectivity index (χ1v) is 6.76. The van der Waals surface area contributed by atoms with Gasteiger partial charge < -0.3 is 5.32 Å². The minimum absolute atomic E-state index is 0.360. The molecular weight excluding hydrogens is 286 g/mol. The average molecular weight is 305 g/mol. The smallest absolute Gasteiger partial charge is 0.0417 e. The number of rotatable bonds is 5.